The van der Waals surface area contributed by atoms with Crippen molar-refractivity contribution in [3.8, 4) is 0 Å². The first kappa shape index (κ1) is 29.3. The van der Waals surface area contributed by atoms with E-state index in [4.69, 9.17) is 15.2 Å². The third kappa shape index (κ3) is 3.55. The van der Waals surface area contributed by atoms with Gasteiger partial charge >= 0.3 is 0 Å². The second-order valence-corrected chi connectivity index (χ2v) is 17.2. The zero-order valence-electron chi connectivity index (χ0n) is 27.6. The maximum atomic E-state index is 6.83. The molecule has 6 aliphatic rings. The van der Waals surface area contributed by atoms with Crippen molar-refractivity contribution in [3.63, 3.8) is 0 Å². The van der Waals surface area contributed by atoms with E-state index in [0.717, 1.165) is 30.1 Å². The van der Waals surface area contributed by atoms with Crippen LogP contribution in [0, 0.1) is 63.1 Å². The fraction of sp³-hybridized carbons (Fsp3) is 0.892. The Labute approximate surface area is 246 Å². The molecule has 3 nitrogen and oxygen atoms in total. The van der Waals surface area contributed by atoms with Gasteiger partial charge in [0.1, 0.15) is 5.60 Å². The van der Waals surface area contributed by atoms with E-state index in [0.29, 0.717) is 41.3 Å². The zero-order chi connectivity index (χ0) is 29.1. The van der Waals surface area contributed by atoms with Gasteiger partial charge in [0.25, 0.3) is 0 Å². The molecule has 2 spiro atoms. The summed E-state index contributed by atoms with van der Waals surface area (Å²) in [5.74, 6) is 4.74. The lowest BCUT2D eigenvalue weighted by molar-refractivity contribution is -0.174. The van der Waals surface area contributed by atoms with Crippen molar-refractivity contribution in [1.82, 2.24) is 0 Å². The van der Waals surface area contributed by atoms with Crippen LogP contribution < -0.4 is 5.73 Å². The Morgan fingerprint density at radius 1 is 1.12 bits per heavy atom. The fourth-order valence-corrected chi connectivity index (χ4v) is 11.8. The minimum Gasteiger partial charge on any atom is -0.495 e. The van der Waals surface area contributed by atoms with Gasteiger partial charge < -0.3 is 15.2 Å². The Morgan fingerprint density at radius 3 is 2.50 bits per heavy atom. The Hall–Kier alpha value is -0.800. The highest BCUT2D eigenvalue weighted by molar-refractivity contribution is 5.44. The summed E-state index contributed by atoms with van der Waals surface area (Å²) in [7, 11) is 0. The number of hydrogen-bond acceptors (Lipinski definition) is 3. The topological polar surface area (TPSA) is 44.5 Å². The van der Waals surface area contributed by atoms with Crippen molar-refractivity contribution >= 4 is 0 Å². The van der Waals surface area contributed by atoms with E-state index in [2.05, 4.69) is 87.7 Å². The molecular weight excluding hydrogens is 490 g/mol. The normalized spacial score (nSPS) is 49.7. The van der Waals surface area contributed by atoms with Crippen LogP contribution in [0.3, 0.4) is 0 Å². The molecule has 0 aromatic carbocycles. The van der Waals surface area contributed by atoms with Gasteiger partial charge in [0.15, 0.2) is 0 Å². The average Bonchev–Trinajstić information content (AvgIpc) is 3.31. The number of allylic oxidation sites excluding steroid dienone is 3. The average molecular weight is 552 g/mol. The first-order valence-electron chi connectivity index (χ1n) is 17.1. The van der Waals surface area contributed by atoms with Gasteiger partial charge in [-0.25, -0.2) is 0 Å². The maximum absolute atomic E-state index is 6.83. The molecule has 0 radical (unpaired) electrons. The predicted molar refractivity (Wildman–Crippen MR) is 166 cm³/mol. The van der Waals surface area contributed by atoms with Gasteiger partial charge in [0, 0.05) is 16.4 Å². The molecule has 7 unspecified atom stereocenters. The lowest BCUT2D eigenvalue weighted by atomic mass is 9.40. The molecule has 0 aromatic rings. The summed E-state index contributed by atoms with van der Waals surface area (Å²) in [5.41, 5.74) is 9.57. The third-order valence-electron chi connectivity index (χ3n) is 15.3. The Bertz CT molecular complexity index is 1070. The smallest absolute Gasteiger partial charge is 0.112 e. The Morgan fingerprint density at radius 2 is 1.85 bits per heavy atom. The van der Waals surface area contributed by atoms with Crippen LogP contribution in [0.5, 0.6) is 0 Å². The second kappa shape index (κ2) is 9.10. The van der Waals surface area contributed by atoms with Gasteiger partial charge in [-0.2, -0.15) is 0 Å². The van der Waals surface area contributed by atoms with E-state index in [-0.39, 0.29) is 22.0 Å². The lowest BCUT2D eigenvalue weighted by Crippen LogP contribution is -2.61. The van der Waals surface area contributed by atoms with Gasteiger partial charge in [-0.1, -0.05) is 74.0 Å². The third-order valence-corrected chi connectivity index (χ3v) is 15.3. The Balaban J connectivity index is 1.32. The lowest BCUT2D eigenvalue weighted by Gasteiger charge is -2.66. The zero-order valence-corrected chi connectivity index (χ0v) is 27.6. The number of rotatable bonds is 8. The SMILES string of the molecule is CCC(OC[C@](C)(N)C(C)C)[C@@]1(C)CC2C(C)C23C2=CC[C@]45C=CO[C@]([C@H](C)C(C)C)(CCC4(C)C2CCC31)C5. The number of ether oxygens (including phenoxy) is 2. The van der Waals surface area contributed by atoms with Crippen LogP contribution in [0.15, 0.2) is 24.0 Å². The minimum atomic E-state index is -0.275. The molecule has 1 heterocycles. The minimum absolute atomic E-state index is 0.0176. The first-order valence-corrected chi connectivity index (χ1v) is 17.1. The molecule has 0 amide bonds. The van der Waals surface area contributed by atoms with Gasteiger partial charge in [-0.3, -0.25) is 0 Å². The summed E-state index contributed by atoms with van der Waals surface area (Å²) in [4.78, 5) is 0. The summed E-state index contributed by atoms with van der Waals surface area (Å²) in [6, 6.07) is 0. The van der Waals surface area contributed by atoms with E-state index in [1.807, 2.05) is 5.57 Å². The molecular formula is C37H61NO2. The maximum Gasteiger partial charge on any atom is 0.112 e. The molecule has 0 saturated heterocycles. The van der Waals surface area contributed by atoms with Crippen LogP contribution >= 0.6 is 0 Å². The molecule has 12 atom stereocenters. The van der Waals surface area contributed by atoms with E-state index in [1.54, 1.807) is 0 Å². The van der Waals surface area contributed by atoms with Crippen LogP contribution in [-0.2, 0) is 9.47 Å². The monoisotopic (exact) mass is 551 g/mol. The quantitative estimate of drug-likeness (QED) is 0.306. The second-order valence-electron chi connectivity index (χ2n) is 17.2. The standard InChI is InChI=1S/C37H61NO2/c1-11-31(39-22-34(10,38)24(4)5)32(8)20-29-26(7)37(29)28-14-15-35-18-19-40-36(21-35,25(6)23(2)3)17-16-33(35,9)27(28)12-13-30(32)37/h14,18-19,23-27,29-31H,11-13,15-17,20-22,38H2,1-10H3/t25-,26?,27?,29?,30?,31?,32+,33?,34+,35-,36-,37?/m1/s1. The highest BCUT2D eigenvalue weighted by Gasteiger charge is 2.80. The van der Waals surface area contributed by atoms with Crippen molar-refractivity contribution in [2.75, 3.05) is 6.61 Å². The molecule has 1 aliphatic heterocycles. The summed E-state index contributed by atoms with van der Waals surface area (Å²) in [5, 5.41) is 0. The molecule has 0 aromatic heterocycles. The molecule has 226 valence electrons. The van der Waals surface area contributed by atoms with Gasteiger partial charge in [-0.05, 0) is 117 Å². The summed E-state index contributed by atoms with van der Waals surface area (Å²) in [6.45, 7) is 24.7. The predicted octanol–water partition coefficient (Wildman–Crippen LogP) is 8.93. The molecule has 4 fully saturated rings. The van der Waals surface area contributed by atoms with E-state index in [1.165, 1.54) is 44.9 Å². The molecule has 4 saturated carbocycles. The highest BCUT2D eigenvalue weighted by Crippen LogP contribution is 2.85. The number of hydrogen-bond donors (Lipinski definition) is 1. The molecule has 6 rings (SSSR count). The number of fused-ring (bicyclic) bond motifs is 3. The van der Waals surface area contributed by atoms with Crippen molar-refractivity contribution in [2.45, 2.75) is 138 Å². The van der Waals surface area contributed by atoms with Crippen LogP contribution in [-0.4, -0.2) is 23.9 Å². The van der Waals surface area contributed by atoms with Crippen LogP contribution in [0.4, 0.5) is 0 Å². The largest absolute Gasteiger partial charge is 0.495 e. The molecule has 3 heteroatoms. The van der Waals surface area contributed by atoms with Crippen molar-refractivity contribution in [2.24, 2.45) is 68.8 Å². The molecule has 5 aliphatic carbocycles. The number of nitrogens with two attached hydrogens (primary N) is 1. The molecule has 40 heavy (non-hydrogen) atoms. The Kier molecular flexibility index (Phi) is 6.66. The summed E-state index contributed by atoms with van der Waals surface area (Å²) >= 11 is 0. The van der Waals surface area contributed by atoms with Crippen LogP contribution in [0.2, 0.25) is 0 Å². The fourth-order valence-electron chi connectivity index (χ4n) is 11.8. The van der Waals surface area contributed by atoms with E-state index in [9.17, 15) is 0 Å². The van der Waals surface area contributed by atoms with Gasteiger partial charge in [0.05, 0.1) is 19.0 Å². The van der Waals surface area contributed by atoms with Crippen molar-refractivity contribution in [3.05, 3.63) is 24.0 Å². The van der Waals surface area contributed by atoms with Crippen molar-refractivity contribution < 1.29 is 9.47 Å². The highest BCUT2D eigenvalue weighted by atomic mass is 16.5. The van der Waals surface area contributed by atoms with Crippen LogP contribution in [0.25, 0.3) is 0 Å². The van der Waals surface area contributed by atoms with E-state index < -0.39 is 0 Å². The van der Waals surface area contributed by atoms with Gasteiger partial charge in [0.2, 0.25) is 0 Å². The van der Waals surface area contributed by atoms with Gasteiger partial charge in [-0.15, -0.1) is 0 Å². The van der Waals surface area contributed by atoms with E-state index >= 15 is 0 Å². The molecule has 2 bridgehead atoms. The molecule has 2 N–H and O–H groups in total. The van der Waals surface area contributed by atoms with Crippen molar-refractivity contribution in [1.29, 1.82) is 0 Å². The van der Waals surface area contributed by atoms with Crippen LogP contribution in [0.1, 0.15) is 121 Å². The summed E-state index contributed by atoms with van der Waals surface area (Å²) in [6.07, 6.45) is 17.8. The first-order chi connectivity index (χ1) is 18.7. The summed E-state index contributed by atoms with van der Waals surface area (Å²) < 4.78 is 13.4.